The molecule has 102 valence electrons. The van der Waals surface area contributed by atoms with Crippen molar-refractivity contribution in [3.05, 3.63) is 56.4 Å². The zero-order valence-corrected chi connectivity index (χ0v) is 12.8. The van der Waals surface area contributed by atoms with E-state index < -0.39 is 17.7 Å². The number of hydrogen-bond acceptors (Lipinski definition) is 3. The number of hydrazine groups is 1. The lowest BCUT2D eigenvalue weighted by molar-refractivity contribution is 0.482. The monoisotopic (exact) mass is 394 g/mol. The van der Waals surface area contributed by atoms with E-state index in [1.165, 1.54) is 18.4 Å². The van der Waals surface area contributed by atoms with E-state index in [0.717, 1.165) is 0 Å². The second kappa shape index (κ2) is 6.13. The molecule has 0 aliphatic heterocycles. The second-order valence-corrected chi connectivity index (χ2v) is 5.47. The molecule has 2 rings (SSSR count). The maximum atomic E-state index is 13.9. The molecule has 3 N–H and O–H groups in total. The summed E-state index contributed by atoms with van der Waals surface area (Å²) in [6.45, 7) is 0. The summed E-state index contributed by atoms with van der Waals surface area (Å²) in [6.07, 6.45) is 1.53. The van der Waals surface area contributed by atoms with Crippen molar-refractivity contribution in [3.63, 3.8) is 0 Å². The first-order valence-electron chi connectivity index (χ1n) is 5.36. The van der Waals surface area contributed by atoms with Crippen LogP contribution >= 0.6 is 31.9 Å². The van der Waals surface area contributed by atoms with Crippen molar-refractivity contribution in [2.75, 3.05) is 0 Å². The summed E-state index contributed by atoms with van der Waals surface area (Å²) in [7, 11) is 0. The van der Waals surface area contributed by atoms with E-state index in [-0.39, 0.29) is 16.5 Å². The first-order valence-corrected chi connectivity index (χ1v) is 6.94. The third-order valence-electron chi connectivity index (χ3n) is 2.77. The maximum Gasteiger partial charge on any atom is 0.173 e. The summed E-state index contributed by atoms with van der Waals surface area (Å²) in [5.41, 5.74) is 3.19. The van der Waals surface area contributed by atoms with Crippen LogP contribution in [-0.2, 0) is 6.42 Å². The van der Waals surface area contributed by atoms with Crippen molar-refractivity contribution in [1.29, 1.82) is 0 Å². The predicted octanol–water partition coefficient (Wildman–Crippen LogP) is 3.83. The van der Waals surface area contributed by atoms with Gasteiger partial charge in [-0.15, -0.1) is 0 Å². The Morgan fingerprint density at radius 1 is 1.26 bits per heavy atom. The summed E-state index contributed by atoms with van der Waals surface area (Å²) in [6, 6.07) is 3.75. The normalized spacial score (nSPS) is 12.7. The molecule has 7 heteroatoms. The van der Waals surface area contributed by atoms with Gasteiger partial charge in [0, 0.05) is 11.1 Å². The molecule has 1 heterocycles. The van der Waals surface area contributed by atoms with Gasteiger partial charge in [-0.05, 0) is 56.5 Å². The van der Waals surface area contributed by atoms with Gasteiger partial charge in [0.15, 0.2) is 4.67 Å². The first-order chi connectivity index (χ1) is 9.04. The number of rotatable bonds is 4. The van der Waals surface area contributed by atoms with E-state index in [2.05, 4.69) is 37.3 Å². The smallest absolute Gasteiger partial charge is 0.173 e. The van der Waals surface area contributed by atoms with Crippen LogP contribution in [0.1, 0.15) is 17.2 Å². The lowest BCUT2D eigenvalue weighted by Gasteiger charge is -2.16. The Balaban J connectivity index is 2.34. The van der Waals surface area contributed by atoms with E-state index >= 15 is 0 Å². The number of nitrogens with one attached hydrogen (secondary N) is 1. The molecule has 0 aliphatic carbocycles. The number of furan rings is 1. The molecular formula is C12H10Br2F2N2O. The van der Waals surface area contributed by atoms with Gasteiger partial charge in [-0.1, -0.05) is 0 Å². The Labute approximate surface area is 125 Å². The minimum absolute atomic E-state index is 0.0366. The molecule has 2 aromatic rings. The molecule has 3 nitrogen and oxygen atoms in total. The largest absolute Gasteiger partial charge is 0.457 e. The van der Waals surface area contributed by atoms with Gasteiger partial charge < -0.3 is 4.42 Å². The molecule has 1 aromatic carbocycles. The zero-order valence-electron chi connectivity index (χ0n) is 9.59. The Kier molecular flexibility index (Phi) is 4.72. The van der Waals surface area contributed by atoms with Crippen molar-refractivity contribution in [2.24, 2.45) is 5.84 Å². The van der Waals surface area contributed by atoms with Crippen LogP contribution in [0.15, 0.2) is 38.0 Å². The topological polar surface area (TPSA) is 51.2 Å². The molecule has 0 fully saturated rings. The minimum Gasteiger partial charge on any atom is -0.457 e. The van der Waals surface area contributed by atoms with Crippen molar-refractivity contribution in [3.8, 4) is 0 Å². The quantitative estimate of drug-likeness (QED) is 0.470. The van der Waals surface area contributed by atoms with E-state index in [0.29, 0.717) is 10.2 Å². The summed E-state index contributed by atoms with van der Waals surface area (Å²) in [4.78, 5) is 0. The van der Waals surface area contributed by atoms with Crippen LogP contribution in [0, 0.1) is 11.6 Å². The zero-order chi connectivity index (χ0) is 14.0. The van der Waals surface area contributed by atoms with Crippen molar-refractivity contribution in [2.45, 2.75) is 12.5 Å². The minimum atomic E-state index is -0.625. The number of hydrogen-bond donors (Lipinski definition) is 2. The standard InChI is InChI=1S/C12H10Br2F2N2O/c13-8-1-2-9(15)7(11(8)16)5-10(18-17)6-3-4-19-12(6)14/h1-4,10,18H,5,17H2. The third-order valence-corrected chi connectivity index (χ3v) is 4.03. The summed E-state index contributed by atoms with van der Waals surface area (Å²) in [5, 5.41) is 0. The average Bonchev–Trinajstić information content (AvgIpc) is 2.81. The number of halogens is 4. The van der Waals surface area contributed by atoms with E-state index in [4.69, 9.17) is 10.3 Å². The highest BCUT2D eigenvalue weighted by molar-refractivity contribution is 9.10. The van der Waals surface area contributed by atoms with Crippen molar-refractivity contribution in [1.82, 2.24) is 5.43 Å². The van der Waals surface area contributed by atoms with Crippen LogP contribution in [0.3, 0.4) is 0 Å². The van der Waals surface area contributed by atoms with Gasteiger partial charge >= 0.3 is 0 Å². The highest BCUT2D eigenvalue weighted by Gasteiger charge is 2.21. The highest BCUT2D eigenvalue weighted by atomic mass is 79.9. The first kappa shape index (κ1) is 14.6. The molecule has 0 radical (unpaired) electrons. The van der Waals surface area contributed by atoms with E-state index in [9.17, 15) is 8.78 Å². The Hall–Kier alpha value is -0.760. The van der Waals surface area contributed by atoms with Gasteiger partial charge in [0.1, 0.15) is 11.6 Å². The molecule has 1 atom stereocenters. The molecule has 1 aromatic heterocycles. The SMILES string of the molecule is NNC(Cc1c(F)ccc(Br)c1F)c1ccoc1Br. The molecule has 1 unspecified atom stereocenters. The number of benzene rings is 1. The molecule has 19 heavy (non-hydrogen) atoms. The fourth-order valence-electron chi connectivity index (χ4n) is 1.77. The fourth-order valence-corrected chi connectivity index (χ4v) is 2.66. The Morgan fingerprint density at radius 3 is 2.58 bits per heavy atom. The number of nitrogens with two attached hydrogens (primary N) is 1. The summed E-state index contributed by atoms with van der Waals surface area (Å²) in [5.74, 6) is 4.21. The van der Waals surface area contributed by atoms with Crippen LogP contribution in [-0.4, -0.2) is 0 Å². The molecule has 0 spiro atoms. The molecular weight excluding hydrogens is 386 g/mol. The Bertz CT molecular complexity index is 589. The van der Waals surface area contributed by atoms with Crippen LogP contribution in [0.5, 0.6) is 0 Å². The molecule has 0 aliphatic rings. The van der Waals surface area contributed by atoms with Gasteiger partial charge in [-0.3, -0.25) is 11.3 Å². The van der Waals surface area contributed by atoms with Gasteiger partial charge in [-0.2, -0.15) is 0 Å². The van der Waals surface area contributed by atoms with Gasteiger partial charge in [-0.25, -0.2) is 8.78 Å². The van der Waals surface area contributed by atoms with Gasteiger partial charge in [0.05, 0.1) is 16.8 Å². The molecule has 0 bridgehead atoms. The lowest BCUT2D eigenvalue weighted by atomic mass is 10.0. The fraction of sp³-hybridized carbons (Fsp3) is 0.167. The highest BCUT2D eigenvalue weighted by Crippen LogP contribution is 2.30. The van der Waals surface area contributed by atoms with Crippen LogP contribution in [0.2, 0.25) is 0 Å². The van der Waals surface area contributed by atoms with Crippen molar-refractivity contribution >= 4 is 31.9 Å². The lowest BCUT2D eigenvalue weighted by Crippen LogP contribution is -2.30. The van der Waals surface area contributed by atoms with Crippen LogP contribution < -0.4 is 11.3 Å². The molecule has 0 saturated heterocycles. The molecule has 0 saturated carbocycles. The van der Waals surface area contributed by atoms with Gasteiger partial charge in [0.2, 0.25) is 0 Å². The van der Waals surface area contributed by atoms with Gasteiger partial charge in [0.25, 0.3) is 0 Å². The predicted molar refractivity (Wildman–Crippen MR) is 74.2 cm³/mol. The summed E-state index contributed by atoms with van der Waals surface area (Å²) >= 11 is 6.25. The molecule has 0 amide bonds. The second-order valence-electron chi connectivity index (χ2n) is 3.89. The van der Waals surface area contributed by atoms with Crippen LogP contribution in [0.4, 0.5) is 8.78 Å². The van der Waals surface area contributed by atoms with Crippen molar-refractivity contribution < 1.29 is 13.2 Å². The maximum absolute atomic E-state index is 13.9. The average molecular weight is 396 g/mol. The van der Waals surface area contributed by atoms with Crippen LogP contribution in [0.25, 0.3) is 0 Å². The van der Waals surface area contributed by atoms with E-state index in [1.807, 2.05) is 0 Å². The van der Waals surface area contributed by atoms with E-state index in [1.54, 1.807) is 6.07 Å². The summed E-state index contributed by atoms with van der Waals surface area (Å²) < 4.78 is 33.4. The third kappa shape index (κ3) is 3.05. The Morgan fingerprint density at radius 2 is 2.00 bits per heavy atom.